The van der Waals surface area contributed by atoms with E-state index in [0.29, 0.717) is 18.0 Å². The molecule has 19 heavy (non-hydrogen) atoms. The van der Waals surface area contributed by atoms with Crippen LogP contribution in [0.5, 0.6) is 5.75 Å². The lowest BCUT2D eigenvalue weighted by atomic mass is 9.97. The molecule has 0 bridgehead atoms. The van der Waals surface area contributed by atoms with Gasteiger partial charge in [0.15, 0.2) is 0 Å². The zero-order valence-electron chi connectivity index (χ0n) is 12.1. The number of ether oxygens (including phenoxy) is 1. The second-order valence-electron chi connectivity index (χ2n) is 5.73. The van der Waals surface area contributed by atoms with Gasteiger partial charge in [0.1, 0.15) is 10.6 Å². The van der Waals surface area contributed by atoms with Gasteiger partial charge in [0, 0.05) is 19.3 Å². The van der Waals surface area contributed by atoms with Crippen molar-refractivity contribution >= 4 is 15.7 Å². The third kappa shape index (κ3) is 3.84. The Kier molecular flexibility index (Phi) is 4.47. The fraction of sp³-hybridized carbons (Fsp3) is 0.538. The van der Waals surface area contributed by atoms with Gasteiger partial charge in [-0.2, -0.15) is 0 Å². The van der Waals surface area contributed by atoms with E-state index >= 15 is 0 Å². The monoisotopic (exact) mass is 286 g/mol. The minimum atomic E-state index is -3.61. The van der Waals surface area contributed by atoms with Gasteiger partial charge in [-0.15, -0.1) is 0 Å². The molecule has 108 valence electrons. The minimum absolute atomic E-state index is 0.0988. The first kappa shape index (κ1) is 15.8. The van der Waals surface area contributed by atoms with Crippen molar-refractivity contribution in [3.63, 3.8) is 0 Å². The molecule has 1 rings (SSSR count). The molecule has 0 saturated carbocycles. The molecule has 5 nitrogen and oxygen atoms in total. The summed E-state index contributed by atoms with van der Waals surface area (Å²) in [5.41, 5.74) is 5.93. The lowest BCUT2D eigenvalue weighted by molar-refractivity contribution is 0.309. The summed E-state index contributed by atoms with van der Waals surface area (Å²) in [5.74, 6) is 0.301. The Hall–Kier alpha value is -1.27. The van der Waals surface area contributed by atoms with Gasteiger partial charge in [-0.25, -0.2) is 12.7 Å². The summed E-state index contributed by atoms with van der Waals surface area (Å²) in [6.07, 6.45) is 0. The summed E-state index contributed by atoms with van der Waals surface area (Å²) in [5, 5.41) is 0. The second-order valence-corrected chi connectivity index (χ2v) is 7.75. The van der Waals surface area contributed by atoms with Crippen LogP contribution in [0.25, 0.3) is 0 Å². The van der Waals surface area contributed by atoms with Crippen molar-refractivity contribution in [2.45, 2.75) is 25.7 Å². The Balaban J connectivity index is 3.23. The molecule has 0 aliphatic carbocycles. The van der Waals surface area contributed by atoms with E-state index in [1.165, 1.54) is 17.5 Å². The van der Waals surface area contributed by atoms with Crippen LogP contribution in [0.15, 0.2) is 23.1 Å². The summed E-state index contributed by atoms with van der Waals surface area (Å²) in [7, 11) is -0.612. The van der Waals surface area contributed by atoms with Crippen LogP contribution < -0.4 is 10.5 Å². The smallest absolute Gasteiger partial charge is 0.246 e. The molecule has 1 aromatic carbocycles. The normalized spacial score (nSPS) is 12.7. The molecule has 0 radical (unpaired) electrons. The molecule has 0 saturated heterocycles. The van der Waals surface area contributed by atoms with E-state index in [2.05, 4.69) is 0 Å². The topological polar surface area (TPSA) is 72.6 Å². The van der Waals surface area contributed by atoms with Gasteiger partial charge < -0.3 is 10.5 Å². The first-order valence-corrected chi connectivity index (χ1v) is 7.42. The first-order valence-electron chi connectivity index (χ1n) is 5.98. The number of anilines is 1. The Morgan fingerprint density at radius 3 is 2.37 bits per heavy atom. The van der Waals surface area contributed by atoms with Crippen LogP contribution in [0.3, 0.4) is 0 Å². The number of nitrogen functional groups attached to an aromatic ring is 1. The van der Waals surface area contributed by atoms with Gasteiger partial charge in [0.25, 0.3) is 0 Å². The summed E-state index contributed by atoms with van der Waals surface area (Å²) >= 11 is 0. The van der Waals surface area contributed by atoms with Crippen LogP contribution in [-0.4, -0.2) is 33.4 Å². The molecule has 2 N–H and O–H groups in total. The fourth-order valence-electron chi connectivity index (χ4n) is 1.82. The number of rotatable bonds is 4. The Bertz CT molecular complexity index is 547. The van der Waals surface area contributed by atoms with Crippen molar-refractivity contribution in [2.75, 3.05) is 26.4 Å². The van der Waals surface area contributed by atoms with Crippen LogP contribution in [0, 0.1) is 5.41 Å². The number of hydrogen-bond acceptors (Lipinski definition) is 4. The Labute approximate surface area is 115 Å². The molecule has 0 aromatic heterocycles. The fourth-order valence-corrected chi connectivity index (χ4v) is 3.40. The average molecular weight is 286 g/mol. The molecule has 0 spiro atoms. The van der Waals surface area contributed by atoms with E-state index in [0.717, 1.165) is 0 Å². The lowest BCUT2D eigenvalue weighted by Crippen LogP contribution is -2.34. The van der Waals surface area contributed by atoms with Gasteiger partial charge in [-0.05, 0) is 23.6 Å². The molecule has 0 atom stereocenters. The van der Waals surface area contributed by atoms with Crippen molar-refractivity contribution in [3.05, 3.63) is 18.2 Å². The van der Waals surface area contributed by atoms with E-state index in [4.69, 9.17) is 10.5 Å². The average Bonchev–Trinajstić information content (AvgIpc) is 2.26. The van der Waals surface area contributed by atoms with Crippen LogP contribution in [0.2, 0.25) is 0 Å². The Morgan fingerprint density at radius 1 is 1.32 bits per heavy atom. The number of benzene rings is 1. The maximum atomic E-state index is 12.5. The van der Waals surface area contributed by atoms with Gasteiger partial charge in [-0.3, -0.25) is 0 Å². The summed E-state index contributed by atoms with van der Waals surface area (Å²) in [6.45, 7) is 6.36. The van der Waals surface area contributed by atoms with E-state index in [1.807, 2.05) is 20.8 Å². The summed E-state index contributed by atoms with van der Waals surface area (Å²) in [4.78, 5) is 0.0988. The third-order valence-electron chi connectivity index (χ3n) is 2.57. The molecule has 0 fully saturated rings. The van der Waals surface area contributed by atoms with Crippen LogP contribution in [-0.2, 0) is 10.0 Å². The highest BCUT2D eigenvalue weighted by Gasteiger charge is 2.28. The van der Waals surface area contributed by atoms with Crippen molar-refractivity contribution in [3.8, 4) is 5.75 Å². The Morgan fingerprint density at radius 2 is 1.89 bits per heavy atom. The van der Waals surface area contributed by atoms with E-state index < -0.39 is 10.0 Å². The second kappa shape index (κ2) is 5.38. The number of nitrogens with zero attached hydrogens (tertiary/aromatic N) is 1. The van der Waals surface area contributed by atoms with Crippen molar-refractivity contribution < 1.29 is 13.2 Å². The molecule has 0 heterocycles. The number of hydrogen-bond donors (Lipinski definition) is 1. The molecule has 0 aliphatic rings. The summed E-state index contributed by atoms with van der Waals surface area (Å²) in [6, 6.07) is 4.60. The third-order valence-corrected chi connectivity index (χ3v) is 4.40. The number of sulfonamides is 1. The quantitative estimate of drug-likeness (QED) is 0.859. The van der Waals surface area contributed by atoms with E-state index in [1.54, 1.807) is 19.2 Å². The molecule has 0 unspecified atom stereocenters. The molecular formula is C13H22N2O3S. The molecule has 0 amide bonds. The van der Waals surface area contributed by atoms with Gasteiger partial charge >= 0.3 is 0 Å². The van der Waals surface area contributed by atoms with Crippen LogP contribution in [0.1, 0.15) is 20.8 Å². The van der Waals surface area contributed by atoms with Crippen molar-refractivity contribution in [1.29, 1.82) is 0 Å². The summed E-state index contributed by atoms with van der Waals surface area (Å²) < 4.78 is 31.5. The maximum absolute atomic E-state index is 12.5. The van der Waals surface area contributed by atoms with Gasteiger partial charge in [-0.1, -0.05) is 20.8 Å². The SMILES string of the molecule is COc1ccc(N)cc1S(=O)(=O)N(C)CC(C)(C)C. The highest BCUT2D eigenvalue weighted by atomic mass is 32.2. The highest BCUT2D eigenvalue weighted by Crippen LogP contribution is 2.29. The van der Waals surface area contributed by atoms with Gasteiger partial charge in [0.2, 0.25) is 10.0 Å². The highest BCUT2D eigenvalue weighted by molar-refractivity contribution is 7.89. The zero-order chi connectivity index (χ0) is 14.8. The van der Waals surface area contributed by atoms with Crippen molar-refractivity contribution in [1.82, 2.24) is 4.31 Å². The maximum Gasteiger partial charge on any atom is 0.246 e. The first-order chi connectivity index (χ1) is 8.58. The molecule has 1 aromatic rings. The molecular weight excluding hydrogens is 264 g/mol. The standard InChI is InChI=1S/C13H22N2O3S/c1-13(2,3)9-15(4)19(16,17)12-8-10(14)6-7-11(12)18-5/h6-8H,9,14H2,1-5H3. The van der Waals surface area contributed by atoms with Gasteiger partial charge in [0.05, 0.1) is 7.11 Å². The van der Waals surface area contributed by atoms with E-state index in [9.17, 15) is 8.42 Å². The predicted molar refractivity (Wildman–Crippen MR) is 76.7 cm³/mol. The largest absolute Gasteiger partial charge is 0.495 e. The number of nitrogens with two attached hydrogens (primary N) is 1. The predicted octanol–water partition coefficient (Wildman–Crippen LogP) is 1.94. The molecule has 6 heteroatoms. The lowest BCUT2D eigenvalue weighted by Gasteiger charge is -2.26. The minimum Gasteiger partial charge on any atom is -0.495 e. The zero-order valence-corrected chi connectivity index (χ0v) is 12.9. The number of methoxy groups -OCH3 is 1. The molecule has 0 aliphatic heterocycles. The van der Waals surface area contributed by atoms with Crippen LogP contribution in [0.4, 0.5) is 5.69 Å². The van der Waals surface area contributed by atoms with Crippen LogP contribution >= 0.6 is 0 Å². The van der Waals surface area contributed by atoms with E-state index in [-0.39, 0.29) is 10.3 Å². The van der Waals surface area contributed by atoms with Crippen molar-refractivity contribution in [2.24, 2.45) is 5.41 Å².